The Labute approximate surface area is 442 Å². The van der Waals surface area contributed by atoms with Gasteiger partial charge in [0.1, 0.15) is 6.04 Å². The molecule has 0 saturated carbocycles. The number of Topliss-reactive ketones (excluding diaryl/α,β-unsaturated/α-hetero) is 1. The van der Waals surface area contributed by atoms with E-state index in [2.05, 4.69) is 12.0 Å². The van der Waals surface area contributed by atoms with Crippen molar-refractivity contribution in [3.8, 4) is 0 Å². The zero-order chi connectivity index (χ0) is 54.7. The number of rotatable bonds is 33. The average Bonchev–Trinajstić information content (AvgIpc) is 3.86. The number of aliphatic carboxylic acids is 1. The summed E-state index contributed by atoms with van der Waals surface area (Å²) in [6.07, 6.45) is 4.76. The molecule has 2 N–H and O–H groups in total. The highest BCUT2D eigenvalue weighted by Gasteiger charge is 2.46. The number of likely N-dealkylation sites (tertiary alicyclic amines) is 2. The smallest absolute Gasteiger partial charge is 0.326 e. The third-order valence-corrected chi connectivity index (χ3v) is 17.4. The number of benzene rings is 1. The maximum atomic E-state index is 14.8. The Morgan fingerprint density at radius 2 is 1.56 bits per heavy atom. The quantitative estimate of drug-likeness (QED) is 0.0418. The number of amides is 6. The molecule has 1 aromatic rings. The summed E-state index contributed by atoms with van der Waals surface area (Å²) in [6, 6.07) is 5.90. The first-order chi connectivity index (χ1) is 34.6. The summed E-state index contributed by atoms with van der Waals surface area (Å²) in [5, 5.41) is 12.4. The number of imide groups is 1. The van der Waals surface area contributed by atoms with Crippen molar-refractivity contribution < 1.29 is 52.9 Å². The molecule has 0 aliphatic carbocycles. The normalized spacial score (nSPS) is 20.5. The van der Waals surface area contributed by atoms with E-state index in [1.807, 2.05) is 66.7 Å². The van der Waals surface area contributed by atoms with Crippen molar-refractivity contribution in [3.05, 3.63) is 35.9 Å². The Morgan fingerprint density at radius 3 is 2.14 bits per heavy atom. The van der Waals surface area contributed by atoms with Crippen LogP contribution < -0.4 is 5.32 Å². The van der Waals surface area contributed by atoms with E-state index in [1.54, 1.807) is 54.7 Å². The number of carbonyl (C=O) groups is 8. The van der Waals surface area contributed by atoms with Crippen molar-refractivity contribution in [1.29, 1.82) is 0 Å². The van der Waals surface area contributed by atoms with Crippen LogP contribution in [0.3, 0.4) is 0 Å². The minimum absolute atomic E-state index is 0.0692. The molecule has 2 saturated heterocycles. The van der Waals surface area contributed by atoms with Gasteiger partial charge in [-0.25, -0.2) is 4.79 Å². The molecule has 6 amide bonds. The van der Waals surface area contributed by atoms with Crippen molar-refractivity contribution >= 4 is 67.5 Å². The summed E-state index contributed by atoms with van der Waals surface area (Å²) in [7, 11) is 7.24. The van der Waals surface area contributed by atoms with Crippen molar-refractivity contribution in [1.82, 2.24) is 24.9 Å². The second-order valence-corrected chi connectivity index (χ2v) is 23.6. The largest absolute Gasteiger partial charge is 0.480 e. The van der Waals surface area contributed by atoms with Gasteiger partial charge in [0.05, 0.1) is 47.9 Å². The van der Waals surface area contributed by atoms with E-state index in [4.69, 9.17) is 9.47 Å². The molecule has 2 aliphatic rings. The number of carboxylic acid groups (broad SMARTS) is 1. The first-order valence-electron chi connectivity index (χ1n) is 26.7. The van der Waals surface area contributed by atoms with E-state index in [0.29, 0.717) is 45.1 Å². The summed E-state index contributed by atoms with van der Waals surface area (Å²) >= 11 is 1.57. The van der Waals surface area contributed by atoms with Crippen LogP contribution in [0.15, 0.2) is 30.3 Å². The Balaban J connectivity index is 1.69. The Hall–Kier alpha value is -3.92. The Bertz CT molecular complexity index is 1980. The van der Waals surface area contributed by atoms with Gasteiger partial charge in [0.25, 0.3) is 0 Å². The monoisotopic (exact) mass is 1060 g/mol. The molecule has 73 heavy (non-hydrogen) atoms. The predicted molar refractivity (Wildman–Crippen MR) is 290 cm³/mol. The van der Waals surface area contributed by atoms with E-state index in [-0.39, 0.29) is 96.5 Å². The lowest BCUT2D eigenvalue weighted by Crippen LogP contribution is -2.55. The van der Waals surface area contributed by atoms with E-state index in [0.717, 1.165) is 32.5 Å². The first kappa shape index (κ1) is 63.4. The highest BCUT2D eigenvalue weighted by Crippen LogP contribution is 2.34. The topological polar surface area (TPSA) is 200 Å². The molecular weight excluding hydrogens is 970 g/mol. The number of thioether (sulfide) groups is 1. The van der Waals surface area contributed by atoms with Gasteiger partial charge in [0.2, 0.25) is 35.4 Å². The third kappa shape index (κ3) is 17.8. The van der Waals surface area contributed by atoms with Crippen LogP contribution in [0.2, 0.25) is 0 Å². The van der Waals surface area contributed by atoms with Crippen molar-refractivity contribution in [2.24, 2.45) is 29.6 Å². The molecule has 2 unspecified atom stereocenters. The van der Waals surface area contributed by atoms with Crippen LogP contribution in [-0.2, 0) is 54.3 Å². The fourth-order valence-corrected chi connectivity index (χ4v) is 12.7. The van der Waals surface area contributed by atoms with Gasteiger partial charge in [-0.15, -0.1) is 20.3 Å². The zero-order valence-corrected chi connectivity index (χ0v) is 48.0. The number of hydrogen-bond acceptors (Lipinski definition) is 11. The van der Waals surface area contributed by atoms with Gasteiger partial charge in [-0.3, -0.25) is 38.5 Å². The van der Waals surface area contributed by atoms with Crippen LogP contribution in [0.5, 0.6) is 0 Å². The molecule has 18 heteroatoms. The van der Waals surface area contributed by atoms with Gasteiger partial charge >= 0.3 is 5.97 Å². The minimum atomic E-state index is -1.16. The summed E-state index contributed by atoms with van der Waals surface area (Å²) in [4.78, 5) is 115. The average molecular weight is 1060 g/mol. The van der Waals surface area contributed by atoms with Gasteiger partial charge in [-0.1, -0.05) is 91.6 Å². The molecule has 2 fully saturated rings. The fourth-order valence-electron chi connectivity index (χ4n) is 10.8. The minimum Gasteiger partial charge on any atom is -0.480 e. The maximum absolute atomic E-state index is 14.8. The van der Waals surface area contributed by atoms with E-state index in [1.165, 1.54) is 24.0 Å². The molecule has 0 spiro atoms. The number of nitrogens with one attached hydrogen (secondary N) is 1. The molecule has 2 heterocycles. The Morgan fingerprint density at radius 1 is 0.890 bits per heavy atom. The third-order valence-electron chi connectivity index (χ3n) is 15.2. The van der Waals surface area contributed by atoms with Crippen LogP contribution in [0.4, 0.5) is 0 Å². The number of unbranched alkanes of at least 4 members (excludes halogenated alkanes) is 2. The molecule has 3 rings (SSSR count). The number of hydrogen-bond donors (Lipinski definition) is 2. The van der Waals surface area contributed by atoms with E-state index in [9.17, 15) is 43.5 Å². The number of methoxy groups -OCH3 is 2. The van der Waals surface area contributed by atoms with Gasteiger partial charge in [-0.2, -0.15) is 0 Å². The molecule has 1 aromatic carbocycles. The van der Waals surface area contributed by atoms with Crippen LogP contribution in [0, 0.1) is 29.6 Å². The number of carboxylic acids is 1. The number of ketones is 1. The second-order valence-electron chi connectivity index (χ2n) is 21.1. The summed E-state index contributed by atoms with van der Waals surface area (Å²) in [5.41, 5.74) is 0.766. The molecule has 12 atom stereocenters. The summed E-state index contributed by atoms with van der Waals surface area (Å²) in [5.74, 6) is -4.01. The van der Waals surface area contributed by atoms with Gasteiger partial charge in [0, 0.05) is 72.5 Å². The number of nitrogens with zero attached hydrogens (tertiary/aromatic N) is 4. The van der Waals surface area contributed by atoms with Crippen molar-refractivity contribution in [3.63, 3.8) is 0 Å². The fraction of sp³-hybridized carbons (Fsp3) is 0.745. The lowest BCUT2D eigenvalue weighted by molar-refractivity contribution is -0.151. The number of carbonyl (C=O) groups excluding carboxylic acids is 7. The van der Waals surface area contributed by atoms with Gasteiger partial charge < -0.3 is 34.6 Å². The molecule has 0 aromatic heterocycles. The predicted octanol–water partition coefficient (Wildman–Crippen LogP) is 6.94. The van der Waals surface area contributed by atoms with Crippen LogP contribution in [0.1, 0.15) is 132 Å². The van der Waals surface area contributed by atoms with Crippen LogP contribution in [0.25, 0.3) is 0 Å². The Kier molecular flexibility index (Phi) is 27.1. The van der Waals surface area contributed by atoms with Gasteiger partial charge in [-0.05, 0) is 80.9 Å². The second kappa shape index (κ2) is 31.2. The maximum Gasteiger partial charge on any atom is 0.326 e. The van der Waals surface area contributed by atoms with Crippen molar-refractivity contribution in [2.45, 2.75) is 180 Å². The molecular formula is C55H90N5O11PS. The highest BCUT2D eigenvalue weighted by atomic mass is 32.2. The lowest BCUT2D eigenvalue weighted by Gasteiger charge is -2.41. The summed E-state index contributed by atoms with van der Waals surface area (Å²) in [6.45, 7) is 17.7. The van der Waals surface area contributed by atoms with Crippen LogP contribution >= 0.6 is 20.3 Å². The zero-order valence-electron chi connectivity index (χ0n) is 46.2. The lowest BCUT2D eigenvalue weighted by atomic mass is 9.83. The van der Waals surface area contributed by atoms with Crippen molar-refractivity contribution in [2.75, 3.05) is 53.4 Å². The highest BCUT2D eigenvalue weighted by molar-refractivity contribution is 8.00. The standard InChI is InChI=1S/C55H90N5O11PS/c1-14-36(6)50(44(70-11)32-48(64)60-37(7)25-26-42(60)51(71-12)38(8)52(65)56-41(55(68)69)30-39-22-17-15-18-23-39)58(10)53(66)40(34(2)3)31-43(61)49(35(4)5)57(9)46(62)24-19-16-20-27-59-47(63)33-45(54(59)67)73-29-21-28-72-13/h15,17-18,22-23,34-38,40-42,44-45,49-51,72H,14,16,19-21,24-33H2,1-13H3,(H,56,65)(H,68,69)/t36-,37-,38+,40-,41-,42-,44+,45?,49-,50-,51+/m0/s1. The first-order valence-corrected chi connectivity index (χ1v) is 29.4. The molecule has 16 nitrogen and oxygen atoms in total. The molecule has 0 bridgehead atoms. The summed E-state index contributed by atoms with van der Waals surface area (Å²) < 4.78 is 12.1. The van der Waals surface area contributed by atoms with Gasteiger partial charge in [0.15, 0.2) is 5.78 Å². The molecule has 412 valence electrons. The SMILES string of the molecule is CC[C@H](C)[C@@H]([C@@H](CC(=O)N1[C@@H](C)CC[C@H]1[C@H](OC)[C@@H](C)C(=O)N[C@@H](Cc1ccccc1)C(=O)O)OC)N(C)C(=O)[C@@H](CC(=O)[C@H](C(C)C)N(C)C(=O)CCCCCN1C(=O)CC(SCCCPC)C1=O)C(C)C. The molecule has 2 aliphatic heterocycles. The van der Waals surface area contributed by atoms with E-state index >= 15 is 0 Å². The van der Waals surface area contributed by atoms with E-state index < -0.39 is 60.1 Å². The number of ether oxygens (including phenoxy) is 2. The molecule has 0 radical (unpaired) electrons. The number of likely N-dealkylation sites (N-methyl/N-ethyl adjacent to an activating group) is 2. The van der Waals surface area contributed by atoms with Crippen LogP contribution in [-0.4, -0.2) is 173 Å².